The molecular formula is C19H26ClN5O2. The normalized spacial score (nSPS) is 15.4. The zero-order valence-electron chi connectivity index (χ0n) is 15.4. The lowest BCUT2D eigenvalue weighted by molar-refractivity contribution is -0.132. The Balaban J connectivity index is 0.00000261. The number of nitrogens with one attached hydrogen (secondary N) is 3. The summed E-state index contributed by atoms with van der Waals surface area (Å²) in [6.07, 6.45) is 5.77. The van der Waals surface area contributed by atoms with Gasteiger partial charge in [0.15, 0.2) is 0 Å². The first kappa shape index (κ1) is 20.9. The monoisotopic (exact) mass is 391 g/mol. The smallest absolute Gasteiger partial charge is 0.248 e. The van der Waals surface area contributed by atoms with E-state index in [4.69, 9.17) is 0 Å². The van der Waals surface area contributed by atoms with Crippen molar-refractivity contribution in [2.45, 2.75) is 31.7 Å². The largest absolute Gasteiger partial charge is 0.354 e. The van der Waals surface area contributed by atoms with E-state index < -0.39 is 5.54 Å². The van der Waals surface area contributed by atoms with Crippen molar-refractivity contribution in [2.75, 3.05) is 25.0 Å². The highest BCUT2D eigenvalue weighted by Crippen LogP contribution is 2.27. The number of halogens is 1. The molecule has 3 rings (SSSR count). The van der Waals surface area contributed by atoms with Gasteiger partial charge < -0.3 is 16.0 Å². The van der Waals surface area contributed by atoms with Crippen molar-refractivity contribution >= 4 is 29.9 Å². The highest BCUT2D eigenvalue weighted by molar-refractivity contribution is 5.88. The molecular weight excluding hydrogens is 366 g/mol. The average molecular weight is 392 g/mol. The SMILES string of the molecule is CC(=O)Nc1ccc(CCNC(=O)C2(n3cccn3)CCNCC2)cc1.Cl. The molecule has 1 aliphatic rings. The average Bonchev–Trinajstić information content (AvgIpc) is 3.18. The number of carbonyl (C=O) groups excluding carboxylic acids is 2. The van der Waals surface area contributed by atoms with Crippen molar-refractivity contribution < 1.29 is 9.59 Å². The predicted molar refractivity (Wildman–Crippen MR) is 107 cm³/mol. The molecule has 1 saturated heterocycles. The van der Waals surface area contributed by atoms with Crippen LogP contribution in [0.25, 0.3) is 0 Å². The van der Waals surface area contributed by atoms with Crippen molar-refractivity contribution in [2.24, 2.45) is 0 Å². The summed E-state index contributed by atoms with van der Waals surface area (Å²) in [5.74, 6) is -0.0616. The summed E-state index contributed by atoms with van der Waals surface area (Å²) in [5.41, 5.74) is 1.28. The van der Waals surface area contributed by atoms with Gasteiger partial charge in [-0.25, -0.2) is 0 Å². The van der Waals surface area contributed by atoms with E-state index in [0.717, 1.165) is 43.6 Å². The zero-order valence-corrected chi connectivity index (χ0v) is 16.2. The van der Waals surface area contributed by atoms with Gasteiger partial charge in [-0.2, -0.15) is 5.10 Å². The molecule has 7 nitrogen and oxygen atoms in total. The maximum absolute atomic E-state index is 12.9. The number of nitrogens with zero attached hydrogens (tertiary/aromatic N) is 2. The van der Waals surface area contributed by atoms with Crippen LogP contribution in [0.3, 0.4) is 0 Å². The summed E-state index contributed by atoms with van der Waals surface area (Å²) in [6, 6.07) is 9.53. The number of anilines is 1. The Morgan fingerprint density at radius 3 is 2.52 bits per heavy atom. The minimum Gasteiger partial charge on any atom is -0.354 e. The fourth-order valence-corrected chi connectivity index (χ4v) is 3.37. The van der Waals surface area contributed by atoms with Crippen LogP contribution in [0.4, 0.5) is 5.69 Å². The van der Waals surface area contributed by atoms with E-state index >= 15 is 0 Å². The summed E-state index contributed by atoms with van der Waals surface area (Å²) in [5, 5.41) is 13.5. The number of amides is 2. The number of rotatable bonds is 6. The molecule has 0 bridgehead atoms. The molecule has 0 unspecified atom stereocenters. The molecule has 2 heterocycles. The van der Waals surface area contributed by atoms with E-state index in [1.54, 1.807) is 10.9 Å². The van der Waals surface area contributed by atoms with Gasteiger partial charge in [0, 0.05) is 31.5 Å². The van der Waals surface area contributed by atoms with E-state index in [1.807, 2.05) is 36.5 Å². The minimum absolute atomic E-state index is 0. The fraction of sp³-hybridized carbons (Fsp3) is 0.421. The Bertz CT molecular complexity index is 740. The molecule has 3 N–H and O–H groups in total. The van der Waals surface area contributed by atoms with Crippen molar-refractivity contribution in [1.29, 1.82) is 0 Å². The van der Waals surface area contributed by atoms with Crippen LogP contribution in [0.15, 0.2) is 42.7 Å². The van der Waals surface area contributed by atoms with Crippen LogP contribution >= 0.6 is 12.4 Å². The van der Waals surface area contributed by atoms with E-state index in [-0.39, 0.29) is 24.2 Å². The third kappa shape index (κ3) is 5.08. The van der Waals surface area contributed by atoms with Crippen LogP contribution in [0.5, 0.6) is 0 Å². The molecule has 1 aliphatic heterocycles. The van der Waals surface area contributed by atoms with E-state index in [1.165, 1.54) is 6.92 Å². The second kappa shape index (κ2) is 9.53. The Hall–Kier alpha value is -2.38. The summed E-state index contributed by atoms with van der Waals surface area (Å²) in [6.45, 7) is 3.66. The van der Waals surface area contributed by atoms with E-state index in [9.17, 15) is 9.59 Å². The summed E-state index contributed by atoms with van der Waals surface area (Å²) in [7, 11) is 0. The summed E-state index contributed by atoms with van der Waals surface area (Å²) in [4.78, 5) is 24.0. The molecule has 0 spiro atoms. The lowest BCUT2D eigenvalue weighted by Gasteiger charge is -2.36. The van der Waals surface area contributed by atoms with Crippen LogP contribution in [0.1, 0.15) is 25.3 Å². The molecule has 0 radical (unpaired) electrons. The van der Waals surface area contributed by atoms with Crippen LogP contribution in [-0.2, 0) is 21.5 Å². The third-order valence-electron chi connectivity index (χ3n) is 4.77. The van der Waals surface area contributed by atoms with Gasteiger partial charge in [0.1, 0.15) is 5.54 Å². The Morgan fingerprint density at radius 1 is 1.22 bits per heavy atom. The number of piperidine rings is 1. The number of hydrogen-bond donors (Lipinski definition) is 3. The van der Waals surface area contributed by atoms with Gasteiger partial charge in [-0.3, -0.25) is 14.3 Å². The van der Waals surface area contributed by atoms with Crippen molar-refractivity contribution in [3.8, 4) is 0 Å². The van der Waals surface area contributed by atoms with Crippen LogP contribution < -0.4 is 16.0 Å². The molecule has 8 heteroatoms. The molecule has 0 aliphatic carbocycles. The van der Waals surface area contributed by atoms with Gasteiger partial charge in [0.2, 0.25) is 11.8 Å². The van der Waals surface area contributed by atoms with Gasteiger partial charge in [-0.05, 0) is 56.1 Å². The first-order chi connectivity index (χ1) is 12.6. The van der Waals surface area contributed by atoms with Crippen LogP contribution in [-0.4, -0.2) is 41.2 Å². The number of benzene rings is 1. The number of aromatic nitrogens is 2. The lowest BCUT2D eigenvalue weighted by Crippen LogP contribution is -2.54. The van der Waals surface area contributed by atoms with Gasteiger partial charge in [-0.1, -0.05) is 12.1 Å². The van der Waals surface area contributed by atoms with Crippen LogP contribution in [0.2, 0.25) is 0 Å². The maximum atomic E-state index is 12.9. The molecule has 27 heavy (non-hydrogen) atoms. The van der Waals surface area contributed by atoms with E-state index in [2.05, 4.69) is 21.0 Å². The Morgan fingerprint density at radius 2 is 1.93 bits per heavy atom. The molecule has 2 aromatic rings. The molecule has 2 amide bonds. The van der Waals surface area contributed by atoms with Crippen molar-refractivity contribution in [3.63, 3.8) is 0 Å². The minimum atomic E-state index is -0.607. The second-order valence-electron chi connectivity index (χ2n) is 6.62. The quantitative estimate of drug-likeness (QED) is 0.699. The standard InChI is InChI=1S/C19H25N5O2.ClH/c1-15(25)23-17-5-3-16(4-6-17)7-11-21-18(26)19(8-12-20-13-9-19)24-14-2-10-22-24;/h2-6,10,14,20H,7-9,11-13H2,1H3,(H,21,26)(H,23,25);1H. The molecule has 0 atom stereocenters. The first-order valence-corrected chi connectivity index (χ1v) is 8.96. The van der Waals surface area contributed by atoms with Gasteiger partial charge in [0.05, 0.1) is 0 Å². The fourth-order valence-electron chi connectivity index (χ4n) is 3.37. The Labute approximate surface area is 165 Å². The topological polar surface area (TPSA) is 88.1 Å². The molecule has 1 aromatic carbocycles. The van der Waals surface area contributed by atoms with Crippen molar-refractivity contribution in [3.05, 3.63) is 48.3 Å². The number of carbonyl (C=O) groups is 2. The van der Waals surface area contributed by atoms with Gasteiger partial charge in [0.25, 0.3) is 0 Å². The highest BCUT2D eigenvalue weighted by Gasteiger charge is 2.41. The molecule has 0 saturated carbocycles. The first-order valence-electron chi connectivity index (χ1n) is 8.96. The van der Waals surface area contributed by atoms with Crippen LogP contribution in [0, 0.1) is 0 Å². The predicted octanol–water partition coefficient (Wildman–Crippen LogP) is 1.70. The summed E-state index contributed by atoms with van der Waals surface area (Å²) < 4.78 is 1.80. The summed E-state index contributed by atoms with van der Waals surface area (Å²) >= 11 is 0. The second-order valence-corrected chi connectivity index (χ2v) is 6.62. The molecule has 1 fully saturated rings. The third-order valence-corrected chi connectivity index (χ3v) is 4.77. The van der Waals surface area contributed by atoms with Gasteiger partial charge in [-0.15, -0.1) is 12.4 Å². The van der Waals surface area contributed by atoms with Crippen molar-refractivity contribution in [1.82, 2.24) is 20.4 Å². The molecule has 146 valence electrons. The molecule has 1 aromatic heterocycles. The maximum Gasteiger partial charge on any atom is 0.248 e. The van der Waals surface area contributed by atoms with Gasteiger partial charge >= 0.3 is 0 Å². The Kier molecular flexibility index (Phi) is 7.38. The van der Waals surface area contributed by atoms with E-state index in [0.29, 0.717) is 6.54 Å². The highest BCUT2D eigenvalue weighted by atomic mass is 35.5. The zero-order chi connectivity index (χ0) is 18.4. The number of hydrogen-bond acceptors (Lipinski definition) is 4. The lowest BCUT2D eigenvalue weighted by atomic mass is 9.87.